The van der Waals surface area contributed by atoms with Crippen LogP contribution in [0.1, 0.15) is 12.5 Å². The number of para-hydroxylation sites is 2. The maximum Gasteiger partial charge on any atom is 0.142 e. The quantitative estimate of drug-likeness (QED) is 0.825. The molecular formula is C16H16N2OS. The molecule has 0 radical (unpaired) electrons. The second kappa shape index (κ2) is 6.88. The van der Waals surface area contributed by atoms with E-state index in [0.29, 0.717) is 5.56 Å². The Morgan fingerprint density at radius 1 is 1.15 bits per heavy atom. The van der Waals surface area contributed by atoms with Crippen molar-refractivity contribution in [2.45, 2.75) is 11.8 Å². The molecule has 2 aromatic rings. The van der Waals surface area contributed by atoms with Gasteiger partial charge in [0.25, 0.3) is 0 Å². The lowest BCUT2D eigenvalue weighted by molar-refractivity contribution is 0.417. The molecule has 0 amide bonds. The zero-order chi connectivity index (χ0) is 14.4. The Morgan fingerprint density at radius 3 is 2.60 bits per heavy atom. The van der Waals surface area contributed by atoms with E-state index in [1.807, 2.05) is 42.5 Å². The van der Waals surface area contributed by atoms with Crippen molar-refractivity contribution >= 4 is 23.1 Å². The van der Waals surface area contributed by atoms with E-state index in [1.54, 1.807) is 18.9 Å². The highest BCUT2D eigenvalue weighted by Gasteiger charge is 2.10. The molecule has 1 N–H and O–H groups in total. The van der Waals surface area contributed by atoms with Gasteiger partial charge < -0.3 is 10.1 Å². The summed E-state index contributed by atoms with van der Waals surface area (Å²) in [6.07, 6.45) is 0. The molecule has 4 heteroatoms. The third-order valence-corrected chi connectivity index (χ3v) is 3.75. The van der Waals surface area contributed by atoms with Crippen LogP contribution in [-0.4, -0.2) is 12.9 Å². The number of hydrogen-bond acceptors (Lipinski definition) is 4. The molecule has 0 atom stereocenters. The summed E-state index contributed by atoms with van der Waals surface area (Å²) in [6, 6.07) is 15.8. The Balaban J connectivity index is 2.39. The van der Waals surface area contributed by atoms with Gasteiger partial charge in [-0.2, -0.15) is 5.26 Å². The standard InChI is InChI=1S/C16H16N2OS/c1-3-20-16-10-6-8-13(12(16)11-17)18-14-7-4-5-9-15(14)19-2/h4-10,18H,3H2,1-2H3. The summed E-state index contributed by atoms with van der Waals surface area (Å²) in [7, 11) is 1.63. The molecular weight excluding hydrogens is 268 g/mol. The maximum absolute atomic E-state index is 9.40. The fourth-order valence-corrected chi connectivity index (χ4v) is 2.71. The lowest BCUT2D eigenvalue weighted by Gasteiger charge is -2.13. The van der Waals surface area contributed by atoms with Crippen molar-refractivity contribution < 1.29 is 4.74 Å². The monoisotopic (exact) mass is 284 g/mol. The number of rotatable bonds is 5. The van der Waals surface area contributed by atoms with E-state index < -0.39 is 0 Å². The van der Waals surface area contributed by atoms with Crippen LogP contribution in [0.25, 0.3) is 0 Å². The fraction of sp³-hybridized carbons (Fsp3) is 0.188. The molecule has 0 spiro atoms. The summed E-state index contributed by atoms with van der Waals surface area (Å²) in [4.78, 5) is 0.995. The van der Waals surface area contributed by atoms with Gasteiger partial charge in [0.2, 0.25) is 0 Å². The van der Waals surface area contributed by atoms with Crippen molar-refractivity contribution in [2.24, 2.45) is 0 Å². The third kappa shape index (κ3) is 3.06. The predicted octanol–water partition coefficient (Wildman–Crippen LogP) is 4.42. The summed E-state index contributed by atoms with van der Waals surface area (Å²) < 4.78 is 5.32. The van der Waals surface area contributed by atoms with Crippen LogP contribution in [0, 0.1) is 11.3 Å². The van der Waals surface area contributed by atoms with E-state index in [1.165, 1.54) is 0 Å². The summed E-state index contributed by atoms with van der Waals surface area (Å²) in [5.41, 5.74) is 2.32. The van der Waals surface area contributed by atoms with Gasteiger partial charge in [0, 0.05) is 4.90 Å². The third-order valence-electron chi connectivity index (χ3n) is 2.81. The minimum atomic E-state index is 0.672. The zero-order valence-corrected chi connectivity index (χ0v) is 12.3. The number of nitrogens with zero attached hydrogens (tertiary/aromatic N) is 1. The molecule has 0 bridgehead atoms. The van der Waals surface area contributed by atoms with E-state index in [9.17, 15) is 5.26 Å². The lowest BCUT2D eigenvalue weighted by atomic mass is 10.2. The number of anilines is 2. The first-order valence-electron chi connectivity index (χ1n) is 6.36. The Hall–Kier alpha value is -2.12. The molecule has 0 aliphatic rings. The Labute approximate surface area is 123 Å². The lowest BCUT2D eigenvalue weighted by Crippen LogP contribution is -1.97. The van der Waals surface area contributed by atoms with E-state index in [0.717, 1.165) is 27.8 Å². The molecule has 0 saturated heterocycles. The van der Waals surface area contributed by atoms with Gasteiger partial charge >= 0.3 is 0 Å². The normalized spacial score (nSPS) is 9.85. The zero-order valence-electron chi connectivity index (χ0n) is 11.5. The number of benzene rings is 2. The molecule has 0 heterocycles. The van der Waals surface area contributed by atoms with Crippen molar-refractivity contribution in [2.75, 3.05) is 18.2 Å². The van der Waals surface area contributed by atoms with Gasteiger partial charge in [-0.25, -0.2) is 0 Å². The van der Waals surface area contributed by atoms with Crippen molar-refractivity contribution in [3.63, 3.8) is 0 Å². The first kappa shape index (κ1) is 14.3. The van der Waals surface area contributed by atoms with Gasteiger partial charge in [-0.05, 0) is 30.0 Å². The average Bonchev–Trinajstić information content (AvgIpc) is 2.48. The second-order valence-corrected chi connectivity index (χ2v) is 5.35. The summed E-state index contributed by atoms with van der Waals surface area (Å²) in [5.74, 6) is 1.69. The maximum atomic E-state index is 9.40. The number of thioether (sulfide) groups is 1. The van der Waals surface area contributed by atoms with Crippen LogP contribution >= 0.6 is 11.8 Å². The molecule has 0 saturated carbocycles. The first-order valence-corrected chi connectivity index (χ1v) is 7.34. The summed E-state index contributed by atoms with van der Waals surface area (Å²) in [6.45, 7) is 2.08. The molecule has 0 unspecified atom stereocenters. The molecule has 2 aromatic carbocycles. The van der Waals surface area contributed by atoms with Crippen LogP contribution in [0.15, 0.2) is 47.4 Å². The number of methoxy groups -OCH3 is 1. The van der Waals surface area contributed by atoms with Crippen LogP contribution in [0.2, 0.25) is 0 Å². The summed E-state index contributed by atoms with van der Waals surface area (Å²) in [5, 5.41) is 12.7. The molecule has 0 aliphatic heterocycles. The van der Waals surface area contributed by atoms with Crippen molar-refractivity contribution in [3.05, 3.63) is 48.0 Å². The van der Waals surface area contributed by atoms with Gasteiger partial charge in [-0.1, -0.05) is 25.1 Å². The van der Waals surface area contributed by atoms with Gasteiger partial charge in [0.05, 0.1) is 24.0 Å². The van der Waals surface area contributed by atoms with Crippen LogP contribution < -0.4 is 10.1 Å². The van der Waals surface area contributed by atoms with Crippen molar-refractivity contribution in [1.29, 1.82) is 5.26 Å². The number of nitriles is 1. The highest BCUT2D eigenvalue weighted by Crippen LogP contribution is 2.32. The highest BCUT2D eigenvalue weighted by molar-refractivity contribution is 7.99. The number of nitrogens with one attached hydrogen (secondary N) is 1. The number of ether oxygens (including phenoxy) is 1. The minimum absolute atomic E-state index is 0.672. The largest absolute Gasteiger partial charge is 0.495 e. The molecule has 2 rings (SSSR count). The molecule has 0 aromatic heterocycles. The SMILES string of the molecule is CCSc1cccc(Nc2ccccc2OC)c1C#N. The van der Waals surface area contributed by atoms with Crippen molar-refractivity contribution in [3.8, 4) is 11.8 Å². The number of hydrogen-bond donors (Lipinski definition) is 1. The van der Waals surface area contributed by atoms with Crippen molar-refractivity contribution in [1.82, 2.24) is 0 Å². The van der Waals surface area contributed by atoms with E-state index in [2.05, 4.69) is 18.3 Å². The van der Waals surface area contributed by atoms with E-state index in [4.69, 9.17) is 4.74 Å². The topological polar surface area (TPSA) is 45.0 Å². The molecule has 0 fully saturated rings. The Bertz CT molecular complexity index is 635. The van der Waals surface area contributed by atoms with E-state index >= 15 is 0 Å². The van der Waals surface area contributed by atoms with Crippen LogP contribution in [0.3, 0.4) is 0 Å². The van der Waals surface area contributed by atoms with Crippen LogP contribution in [0.5, 0.6) is 5.75 Å². The average molecular weight is 284 g/mol. The molecule has 3 nitrogen and oxygen atoms in total. The first-order chi connectivity index (χ1) is 9.80. The van der Waals surface area contributed by atoms with E-state index in [-0.39, 0.29) is 0 Å². The molecule has 20 heavy (non-hydrogen) atoms. The van der Waals surface area contributed by atoms with Crippen LogP contribution in [0.4, 0.5) is 11.4 Å². The highest BCUT2D eigenvalue weighted by atomic mass is 32.2. The predicted molar refractivity (Wildman–Crippen MR) is 83.8 cm³/mol. The van der Waals surface area contributed by atoms with Gasteiger partial charge in [-0.3, -0.25) is 0 Å². The second-order valence-electron chi connectivity index (χ2n) is 4.05. The Kier molecular flexibility index (Phi) is 4.91. The molecule has 102 valence electrons. The van der Waals surface area contributed by atoms with Gasteiger partial charge in [-0.15, -0.1) is 11.8 Å². The molecule has 0 aliphatic carbocycles. The van der Waals surface area contributed by atoms with Gasteiger partial charge in [0.15, 0.2) is 0 Å². The fourth-order valence-electron chi connectivity index (χ4n) is 1.92. The van der Waals surface area contributed by atoms with Crippen LogP contribution in [-0.2, 0) is 0 Å². The Morgan fingerprint density at radius 2 is 1.90 bits per heavy atom. The minimum Gasteiger partial charge on any atom is -0.495 e. The van der Waals surface area contributed by atoms with Gasteiger partial charge in [0.1, 0.15) is 11.8 Å². The smallest absolute Gasteiger partial charge is 0.142 e. The summed E-state index contributed by atoms with van der Waals surface area (Å²) >= 11 is 1.67.